The van der Waals surface area contributed by atoms with Crippen molar-refractivity contribution >= 4 is 11.9 Å². The highest BCUT2D eigenvalue weighted by Gasteiger charge is 2.04. The zero-order valence-electron chi connectivity index (χ0n) is 18.5. The summed E-state index contributed by atoms with van der Waals surface area (Å²) in [4.78, 5) is 21.9. The molecule has 0 radical (unpaired) electrons. The molecule has 0 amide bonds. The lowest BCUT2D eigenvalue weighted by molar-refractivity contribution is -0.144. The van der Waals surface area contributed by atoms with E-state index in [4.69, 9.17) is 9.84 Å². The molecule has 0 aromatic heterocycles. The van der Waals surface area contributed by atoms with Crippen molar-refractivity contribution in [3.05, 3.63) is 0 Å². The van der Waals surface area contributed by atoms with Gasteiger partial charge in [0, 0.05) is 12.8 Å². The average molecular weight is 399 g/mol. The van der Waals surface area contributed by atoms with E-state index in [-0.39, 0.29) is 12.4 Å². The number of unbranched alkanes of at least 4 members (excludes halogenated alkanes) is 16. The first-order valence-corrected chi connectivity index (χ1v) is 12.0. The van der Waals surface area contributed by atoms with Gasteiger partial charge in [-0.3, -0.25) is 9.59 Å². The third-order valence-electron chi connectivity index (χ3n) is 5.28. The van der Waals surface area contributed by atoms with Gasteiger partial charge in [-0.15, -0.1) is 0 Å². The van der Waals surface area contributed by atoms with Gasteiger partial charge in [-0.2, -0.15) is 0 Å². The third kappa shape index (κ3) is 23.0. The van der Waals surface area contributed by atoms with Crippen molar-refractivity contribution in [2.45, 2.75) is 135 Å². The van der Waals surface area contributed by atoms with Crippen LogP contribution in [0.1, 0.15) is 135 Å². The first-order chi connectivity index (χ1) is 13.7. The monoisotopic (exact) mass is 398 g/mol. The van der Waals surface area contributed by atoms with Crippen LogP contribution in [0.4, 0.5) is 0 Å². The molecule has 0 aliphatic carbocycles. The Hall–Kier alpha value is -1.06. The highest BCUT2D eigenvalue weighted by atomic mass is 16.5. The van der Waals surface area contributed by atoms with Crippen LogP contribution in [0, 0.1) is 0 Å². The van der Waals surface area contributed by atoms with Crippen LogP contribution in [0.2, 0.25) is 0 Å². The molecule has 0 spiro atoms. The van der Waals surface area contributed by atoms with Crippen LogP contribution in [0.25, 0.3) is 0 Å². The minimum Gasteiger partial charge on any atom is -0.481 e. The number of aliphatic carboxylic acids is 1. The zero-order valence-corrected chi connectivity index (χ0v) is 18.5. The fourth-order valence-electron chi connectivity index (χ4n) is 3.45. The fourth-order valence-corrected chi connectivity index (χ4v) is 3.45. The molecule has 166 valence electrons. The van der Waals surface area contributed by atoms with Crippen molar-refractivity contribution < 1.29 is 19.4 Å². The quantitative estimate of drug-likeness (QED) is 0.152. The molecule has 0 fully saturated rings. The van der Waals surface area contributed by atoms with Crippen LogP contribution in [0.5, 0.6) is 0 Å². The first kappa shape index (κ1) is 26.9. The second kappa shape index (κ2) is 22.2. The molecule has 4 nitrogen and oxygen atoms in total. The lowest BCUT2D eigenvalue weighted by Gasteiger charge is -2.05. The molecule has 4 heteroatoms. The van der Waals surface area contributed by atoms with Gasteiger partial charge in [0.2, 0.25) is 0 Å². The summed E-state index contributed by atoms with van der Waals surface area (Å²) in [5.41, 5.74) is 0. The SMILES string of the molecule is CCCCCCCCCCCCCCCCCCOC(=O)CCCCC(=O)O. The smallest absolute Gasteiger partial charge is 0.305 e. The van der Waals surface area contributed by atoms with Crippen molar-refractivity contribution in [3.63, 3.8) is 0 Å². The molecular formula is C24H46O4. The van der Waals surface area contributed by atoms with Gasteiger partial charge in [0.05, 0.1) is 6.61 Å². The van der Waals surface area contributed by atoms with Gasteiger partial charge >= 0.3 is 11.9 Å². The summed E-state index contributed by atoms with van der Waals surface area (Å²) >= 11 is 0. The number of carbonyl (C=O) groups excluding carboxylic acids is 1. The topological polar surface area (TPSA) is 63.6 Å². The maximum absolute atomic E-state index is 11.5. The van der Waals surface area contributed by atoms with Crippen LogP contribution in [0.3, 0.4) is 0 Å². The Bertz CT molecular complexity index is 355. The molecule has 0 rings (SSSR count). The molecule has 0 bridgehead atoms. The van der Waals surface area contributed by atoms with E-state index in [1.165, 1.54) is 89.9 Å². The number of ether oxygens (including phenoxy) is 1. The number of esters is 1. The van der Waals surface area contributed by atoms with Gasteiger partial charge in [-0.1, -0.05) is 103 Å². The molecule has 0 aliphatic rings. The van der Waals surface area contributed by atoms with Crippen molar-refractivity contribution in [2.24, 2.45) is 0 Å². The minimum atomic E-state index is -0.804. The van der Waals surface area contributed by atoms with E-state index in [0.29, 0.717) is 25.9 Å². The standard InChI is InChI=1S/C24H46O4/c1-2-3-4-5-6-7-8-9-10-11-12-13-14-15-16-19-22-28-24(27)21-18-17-20-23(25)26/h2-22H2,1H3,(H,25,26). The van der Waals surface area contributed by atoms with Crippen LogP contribution in [0.15, 0.2) is 0 Å². The molecule has 0 aromatic carbocycles. The predicted octanol–water partition coefficient (Wildman–Crippen LogP) is 7.44. The van der Waals surface area contributed by atoms with Gasteiger partial charge in [0.25, 0.3) is 0 Å². The Kier molecular flexibility index (Phi) is 21.4. The van der Waals surface area contributed by atoms with Crippen molar-refractivity contribution in [2.75, 3.05) is 6.61 Å². The Labute approximate surface area is 173 Å². The molecule has 0 saturated carbocycles. The van der Waals surface area contributed by atoms with Crippen LogP contribution < -0.4 is 0 Å². The largest absolute Gasteiger partial charge is 0.481 e. The van der Waals surface area contributed by atoms with Crippen molar-refractivity contribution in [1.29, 1.82) is 0 Å². The molecule has 0 aliphatic heterocycles. The lowest BCUT2D eigenvalue weighted by Crippen LogP contribution is -2.06. The summed E-state index contributed by atoms with van der Waals surface area (Å²) in [5, 5.41) is 8.53. The number of rotatable bonds is 22. The number of carbonyl (C=O) groups is 2. The van der Waals surface area contributed by atoms with E-state index in [9.17, 15) is 9.59 Å². The molecule has 0 unspecified atom stereocenters. The van der Waals surface area contributed by atoms with Gasteiger partial charge in [-0.25, -0.2) is 0 Å². The number of hydrogen-bond acceptors (Lipinski definition) is 3. The van der Waals surface area contributed by atoms with E-state index < -0.39 is 5.97 Å². The summed E-state index contributed by atoms with van der Waals surface area (Å²) in [5.74, 6) is -0.993. The highest BCUT2D eigenvalue weighted by Crippen LogP contribution is 2.13. The lowest BCUT2D eigenvalue weighted by atomic mass is 10.0. The Morgan fingerprint density at radius 2 is 0.964 bits per heavy atom. The second-order valence-corrected chi connectivity index (χ2v) is 8.12. The average Bonchev–Trinajstić information content (AvgIpc) is 2.67. The van der Waals surface area contributed by atoms with Crippen LogP contribution in [-0.2, 0) is 14.3 Å². The number of carboxylic acid groups (broad SMARTS) is 1. The van der Waals surface area contributed by atoms with Crippen LogP contribution in [-0.4, -0.2) is 23.7 Å². The number of hydrogen-bond donors (Lipinski definition) is 1. The molecule has 0 heterocycles. The van der Waals surface area contributed by atoms with E-state index >= 15 is 0 Å². The third-order valence-corrected chi connectivity index (χ3v) is 5.28. The molecule has 0 aromatic rings. The van der Waals surface area contributed by atoms with E-state index in [0.717, 1.165) is 12.8 Å². The summed E-state index contributed by atoms with van der Waals surface area (Å²) in [6.07, 6.45) is 23.0. The second-order valence-electron chi connectivity index (χ2n) is 8.12. The maximum Gasteiger partial charge on any atom is 0.305 e. The predicted molar refractivity (Wildman–Crippen MR) is 117 cm³/mol. The fraction of sp³-hybridized carbons (Fsp3) is 0.917. The summed E-state index contributed by atoms with van der Waals surface area (Å²) < 4.78 is 5.18. The Morgan fingerprint density at radius 3 is 1.39 bits per heavy atom. The highest BCUT2D eigenvalue weighted by molar-refractivity contribution is 5.69. The summed E-state index contributed by atoms with van der Waals surface area (Å²) in [6, 6.07) is 0. The van der Waals surface area contributed by atoms with Gasteiger partial charge < -0.3 is 9.84 Å². The minimum absolute atomic E-state index is 0.131. The molecule has 28 heavy (non-hydrogen) atoms. The molecule has 0 saturated heterocycles. The normalized spacial score (nSPS) is 10.9. The first-order valence-electron chi connectivity index (χ1n) is 12.0. The van der Waals surface area contributed by atoms with E-state index in [1.54, 1.807) is 0 Å². The van der Waals surface area contributed by atoms with Crippen molar-refractivity contribution in [1.82, 2.24) is 0 Å². The maximum atomic E-state index is 11.5. The zero-order chi connectivity index (χ0) is 20.7. The summed E-state index contributed by atoms with van der Waals surface area (Å²) in [6.45, 7) is 2.78. The van der Waals surface area contributed by atoms with Crippen LogP contribution >= 0.6 is 0 Å². The summed E-state index contributed by atoms with van der Waals surface area (Å²) in [7, 11) is 0. The van der Waals surface area contributed by atoms with E-state index in [1.807, 2.05) is 0 Å². The van der Waals surface area contributed by atoms with Gasteiger partial charge in [-0.05, 0) is 19.3 Å². The Balaban J connectivity index is 3.11. The van der Waals surface area contributed by atoms with Crippen molar-refractivity contribution in [3.8, 4) is 0 Å². The number of carboxylic acids is 1. The Morgan fingerprint density at radius 1 is 0.571 bits per heavy atom. The van der Waals surface area contributed by atoms with Gasteiger partial charge in [0.15, 0.2) is 0 Å². The van der Waals surface area contributed by atoms with E-state index in [2.05, 4.69) is 6.92 Å². The molecular weight excluding hydrogens is 352 g/mol. The van der Waals surface area contributed by atoms with Gasteiger partial charge in [0.1, 0.15) is 0 Å². The molecule has 0 atom stereocenters. The molecule has 1 N–H and O–H groups in total.